The van der Waals surface area contributed by atoms with Crippen molar-refractivity contribution in [1.82, 2.24) is 25.3 Å². The summed E-state index contributed by atoms with van der Waals surface area (Å²) in [6.07, 6.45) is 2.74. The Kier molecular flexibility index (Phi) is 4.16. The predicted molar refractivity (Wildman–Crippen MR) is 72.3 cm³/mol. The first-order valence-corrected chi connectivity index (χ1v) is 6.50. The van der Waals surface area contributed by atoms with Crippen LogP contribution in [0.3, 0.4) is 0 Å². The standard InChI is InChI=1S/C12H20N6O/c1-5-9-10(7-18(4)17-9)14-12-16-15-11(19-12)8(3)13-6-2/h7-8,13H,5-6H2,1-4H3,(H,14,16). The van der Waals surface area contributed by atoms with Gasteiger partial charge < -0.3 is 15.1 Å². The molecule has 0 bridgehead atoms. The van der Waals surface area contributed by atoms with Crippen LogP contribution in [-0.4, -0.2) is 26.5 Å². The Hall–Kier alpha value is -1.89. The molecule has 0 aliphatic rings. The zero-order valence-electron chi connectivity index (χ0n) is 11.8. The van der Waals surface area contributed by atoms with Gasteiger partial charge in [-0.1, -0.05) is 18.9 Å². The molecule has 0 radical (unpaired) electrons. The highest BCUT2D eigenvalue weighted by molar-refractivity contribution is 5.54. The van der Waals surface area contributed by atoms with E-state index >= 15 is 0 Å². The van der Waals surface area contributed by atoms with Crippen molar-refractivity contribution < 1.29 is 4.42 Å². The van der Waals surface area contributed by atoms with E-state index in [1.54, 1.807) is 4.68 Å². The molecule has 7 heteroatoms. The molecule has 104 valence electrons. The molecule has 0 amide bonds. The summed E-state index contributed by atoms with van der Waals surface area (Å²) in [6.45, 7) is 6.94. The second-order valence-electron chi connectivity index (χ2n) is 4.37. The summed E-state index contributed by atoms with van der Waals surface area (Å²) in [6, 6.07) is 0.440. The number of anilines is 2. The average molecular weight is 264 g/mol. The second kappa shape index (κ2) is 5.83. The van der Waals surface area contributed by atoms with E-state index in [1.807, 2.05) is 27.1 Å². The third kappa shape index (κ3) is 3.11. The van der Waals surface area contributed by atoms with E-state index < -0.39 is 0 Å². The minimum absolute atomic E-state index is 0.0487. The molecule has 0 aliphatic carbocycles. The largest absolute Gasteiger partial charge is 0.406 e. The highest BCUT2D eigenvalue weighted by Crippen LogP contribution is 2.21. The first kappa shape index (κ1) is 13.5. The quantitative estimate of drug-likeness (QED) is 0.827. The minimum atomic E-state index is 0.0487. The fraction of sp³-hybridized carbons (Fsp3) is 0.583. The second-order valence-corrected chi connectivity index (χ2v) is 4.37. The lowest BCUT2D eigenvalue weighted by molar-refractivity contribution is 0.430. The molecule has 0 fully saturated rings. The van der Waals surface area contributed by atoms with Crippen molar-refractivity contribution in [3.8, 4) is 0 Å². The molecule has 2 aromatic heterocycles. The number of hydrogen-bond acceptors (Lipinski definition) is 6. The third-order valence-electron chi connectivity index (χ3n) is 2.80. The molecular formula is C12H20N6O. The van der Waals surface area contributed by atoms with Gasteiger partial charge in [0, 0.05) is 13.2 Å². The molecule has 1 atom stereocenters. The molecule has 2 aromatic rings. The zero-order valence-corrected chi connectivity index (χ0v) is 11.8. The van der Waals surface area contributed by atoms with Crippen LogP contribution in [0, 0.1) is 0 Å². The lowest BCUT2D eigenvalue weighted by Gasteiger charge is -2.05. The lowest BCUT2D eigenvalue weighted by atomic mass is 10.3. The summed E-state index contributed by atoms with van der Waals surface area (Å²) in [5, 5.41) is 18.7. The van der Waals surface area contributed by atoms with Crippen molar-refractivity contribution in [2.75, 3.05) is 11.9 Å². The molecule has 0 aromatic carbocycles. The molecule has 0 aliphatic heterocycles. The van der Waals surface area contributed by atoms with Crippen LogP contribution in [0.4, 0.5) is 11.7 Å². The molecule has 2 N–H and O–H groups in total. The van der Waals surface area contributed by atoms with Crippen LogP contribution in [0.15, 0.2) is 10.6 Å². The van der Waals surface area contributed by atoms with E-state index in [1.165, 1.54) is 0 Å². The number of nitrogens with one attached hydrogen (secondary N) is 2. The van der Waals surface area contributed by atoms with Crippen molar-refractivity contribution in [1.29, 1.82) is 0 Å². The van der Waals surface area contributed by atoms with Crippen molar-refractivity contribution in [3.63, 3.8) is 0 Å². The Morgan fingerprint density at radius 3 is 2.84 bits per heavy atom. The van der Waals surface area contributed by atoms with Gasteiger partial charge in [0.2, 0.25) is 5.89 Å². The number of rotatable bonds is 6. The third-order valence-corrected chi connectivity index (χ3v) is 2.80. The summed E-state index contributed by atoms with van der Waals surface area (Å²) < 4.78 is 7.34. The van der Waals surface area contributed by atoms with Crippen molar-refractivity contribution >= 4 is 11.7 Å². The van der Waals surface area contributed by atoms with Crippen LogP contribution in [-0.2, 0) is 13.5 Å². The van der Waals surface area contributed by atoms with Crippen molar-refractivity contribution in [2.24, 2.45) is 7.05 Å². The number of aromatic nitrogens is 4. The van der Waals surface area contributed by atoms with Crippen molar-refractivity contribution in [3.05, 3.63) is 17.8 Å². The van der Waals surface area contributed by atoms with Crippen LogP contribution in [0.1, 0.15) is 38.4 Å². The Morgan fingerprint density at radius 1 is 1.37 bits per heavy atom. The van der Waals surface area contributed by atoms with Gasteiger partial charge in [-0.25, -0.2) is 0 Å². The topological polar surface area (TPSA) is 80.8 Å². The van der Waals surface area contributed by atoms with Gasteiger partial charge in [0.1, 0.15) is 0 Å². The van der Waals surface area contributed by atoms with Gasteiger partial charge >= 0.3 is 6.01 Å². The van der Waals surface area contributed by atoms with E-state index in [9.17, 15) is 0 Å². The molecule has 2 heterocycles. The fourth-order valence-corrected chi connectivity index (χ4v) is 1.87. The average Bonchev–Trinajstić information content (AvgIpc) is 2.97. The van der Waals surface area contributed by atoms with Gasteiger partial charge in [-0.15, -0.1) is 5.10 Å². The highest BCUT2D eigenvalue weighted by Gasteiger charge is 2.14. The summed E-state index contributed by atoms with van der Waals surface area (Å²) in [5.41, 5.74) is 1.87. The summed E-state index contributed by atoms with van der Waals surface area (Å²) in [4.78, 5) is 0. The van der Waals surface area contributed by atoms with Crippen LogP contribution in [0.5, 0.6) is 0 Å². The van der Waals surface area contributed by atoms with Crippen LogP contribution < -0.4 is 10.6 Å². The fourth-order valence-electron chi connectivity index (χ4n) is 1.87. The first-order valence-electron chi connectivity index (χ1n) is 6.50. The van der Waals surface area contributed by atoms with Crippen LogP contribution >= 0.6 is 0 Å². The maximum atomic E-state index is 5.58. The van der Waals surface area contributed by atoms with Crippen LogP contribution in [0.25, 0.3) is 0 Å². The van der Waals surface area contributed by atoms with Gasteiger partial charge in [-0.05, 0) is 19.9 Å². The van der Waals surface area contributed by atoms with Gasteiger partial charge in [-0.3, -0.25) is 4.68 Å². The SMILES string of the molecule is CCNC(C)c1nnc(Nc2cn(C)nc2CC)o1. The van der Waals surface area contributed by atoms with Gasteiger partial charge in [0.25, 0.3) is 0 Å². The Bertz CT molecular complexity index is 532. The zero-order chi connectivity index (χ0) is 13.8. The molecule has 1 unspecified atom stereocenters. The summed E-state index contributed by atoms with van der Waals surface area (Å²) in [7, 11) is 1.89. The van der Waals surface area contributed by atoms with E-state index in [0.29, 0.717) is 11.9 Å². The van der Waals surface area contributed by atoms with Gasteiger partial charge in [0.15, 0.2) is 0 Å². The highest BCUT2D eigenvalue weighted by atomic mass is 16.4. The molecule has 7 nitrogen and oxygen atoms in total. The number of nitrogens with zero attached hydrogens (tertiary/aromatic N) is 4. The van der Waals surface area contributed by atoms with E-state index in [0.717, 1.165) is 24.3 Å². The normalized spacial score (nSPS) is 12.6. The van der Waals surface area contributed by atoms with Crippen molar-refractivity contribution in [2.45, 2.75) is 33.2 Å². The Morgan fingerprint density at radius 2 is 2.16 bits per heavy atom. The van der Waals surface area contributed by atoms with Gasteiger partial charge in [0.05, 0.1) is 17.4 Å². The van der Waals surface area contributed by atoms with Gasteiger partial charge in [-0.2, -0.15) is 5.10 Å². The maximum absolute atomic E-state index is 5.58. The monoisotopic (exact) mass is 264 g/mol. The van der Waals surface area contributed by atoms with Crippen LogP contribution in [0.2, 0.25) is 0 Å². The molecule has 19 heavy (non-hydrogen) atoms. The molecule has 0 saturated heterocycles. The summed E-state index contributed by atoms with van der Waals surface area (Å²) in [5.74, 6) is 0.575. The lowest BCUT2D eigenvalue weighted by Crippen LogP contribution is -2.17. The molecular weight excluding hydrogens is 244 g/mol. The molecule has 0 spiro atoms. The Labute approximate surface area is 112 Å². The molecule has 2 rings (SSSR count). The van der Waals surface area contributed by atoms with E-state index in [-0.39, 0.29) is 6.04 Å². The van der Waals surface area contributed by atoms with E-state index in [4.69, 9.17) is 4.42 Å². The number of aryl methyl sites for hydroxylation is 2. The van der Waals surface area contributed by atoms with E-state index in [2.05, 4.69) is 32.9 Å². The minimum Gasteiger partial charge on any atom is -0.406 e. The maximum Gasteiger partial charge on any atom is 0.320 e. The smallest absolute Gasteiger partial charge is 0.320 e. The Balaban J connectivity index is 2.11. The number of hydrogen-bond donors (Lipinski definition) is 2. The first-order chi connectivity index (χ1) is 9.13. The summed E-state index contributed by atoms with van der Waals surface area (Å²) >= 11 is 0. The predicted octanol–water partition coefficient (Wildman–Crippen LogP) is 1.78. The molecule has 0 saturated carbocycles.